The fourth-order valence-electron chi connectivity index (χ4n) is 2.53. The molecule has 0 bridgehead atoms. The van der Waals surface area contributed by atoms with Gasteiger partial charge in [0.25, 0.3) is 0 Å². The van der Waals surface area contributed by atoms with Gasteiger partial charge in [0, 0.05) is 46.8 Å². The Labute approximate surface area is 125 Å². The smallest absolute Gasteiger partial charge is 0.0423 e. The van der Waals surface area contributed by atoms with Crippen LogP contribution >= 0.6 is 23.5 Å². The maximum atomic E-state index is 6.01. The summed E-state index contributed by atoms with van der Waals surface area (Å²) in [6, 6.07) is 6.62. The van der Waals surface area contributed by atoms with Crippen molar-refractivity contribution in [1.29, 1.82) is 0 Å². The van der Waals surface area contributed by atoms with E-state index in [1.807, 2.05) is 11.8 Å². The summed E-state index contributed by atoms with van der Waals surface area (Å²) >= 11 is 4.01. The summed E-state index contributed by atoms with van der Waals surface area (Å²) in [5.41, 5.74) is 8.70. The SMILES string of the molecule is CCSc1cccc(N2CCSC(CC)C2)c1CN. The minimum Gasteiger partial charge on any atom is -0.369 e. The Morgan fingerprint density at radius 2 is 2.26 bits per heavy atom. The van der Waals surface area contributed by atoms with Crippen molar-refractivity contribution in [2.75, 3.05) is 29.5 Å². The van der Waals surface area contributed by atoms with Gasteiger partial charge in [-0.25, -0.2) is 0 Å². The highest BCUT2D eigenvalue weighted by Crippen LogP contribution is 2.33. The molecule has 2 nitrogen and oxygen atoms in total. The lowest BCUT2D eigenvalue weighted by Crippen LogP contribution is -2.38. The zero-order valence-corrected chi connectivity index (χ0v) is 13.5. The fraction of sp³-hybridized carbons (Fsp3) is 0.600. The Morgan fingerprint density at radius 3 is 2.95 bits per heavy atom. The Bertz CT molecular complexity index is 409. The second kappa shape index (κ2) is 7.46. The number of hydrogen-bond acceptors (Lipinski definition) is 4. The molecule has 1 atom stereocenters. The van der Waals surface area contributed by atoms with E-state index in [-0.39, 0.29) is 0 Å². The van der Waals surface area contributed by atoms with Crippen LogP contribution in [0.2, 0.25) is 0 Å². The molecule has 0 aromatic heterocycles. The van der Waals surface area contributed by atoms with Crippen molar-refractivity contribution in [3.05, 3.63) is 23.8 Å². The fourth-order valence-corrected chi connectivity index (χ4v) is 4.56. The standard InChI is InChI=1S/C15H24N2S2/c1-3-12-11-17(8-9-19-12)14-6-5-7-15(18-4-2)13(14)10-16/h5-7,12H,3-4,8-11,16H2,1-2H3. The molecular weight excluding hydrogens is 272 g/mol. The van der Waals surface area contributed by atoms with E-state index < -0.39 is 0 Å². The highest BCUT2D eigenvalue weighted by atomic mass is 32.2. The molecule has 0 amide bonds. The minimum absolute atomic E-state index is 0.638. The van der Waals surface area contributed by atoms with Crippen molar-refractivity contribution in [1.82, 2.24) is 0 Å². The molecule has 1 aromatic rings. The Balaban J connectivity index is 2.25. The molecule has 0 spiro atoms. The zero-order valence-electron chi connectivity index (χ0n) is 11.9. The van der Waals surface area contributed by atoms with Crippen LogP contribution < -0.4 is 10.6 Å². The first-order chi connectivity index (χ1) is 9.30. The van der Waals surface area contributed by atoms with Crippen molar-refractivity contribution in [2.45, 2.75) is 37.0 Å². The van der Waals surface area contributed by atoms with Crippen molar-refractivity contribution < 1.29 is 0 Å². The van der Waals surface area contributed by atoms with Gasteiger partial charge in [0.1, 0.15) is 0 Å². The van der Waals surface area contributed by atoms with Crippen LogP contribution in [0.3, 0.4) is 0 Å². The highest BCUT2D eigenvalue weighted by Gasteiger charge is 2.21. The number of hydrogen-bond donors (Lipinski definition) is 1. The quantitative estimate of drug-likeness (QED) is 0.841. The number of nitrogens with zero attached hydrogens (tertiary/aromatic N) is 1. The maximum absolute atomic E-state index is 6.01. The molecule has 19 heavy (non-hydrogen) atoms. The molecule has 4 heteroatoms. The number of thioether (sulfide) groups is 2. The van der Waals surface area contributed by atoms with Gasteiger partial charge in [-0.15, -0.1) is 11.8 Å². The number of nitrogens with two attached hydrogens (primary N) is 1. The molecule has 1 unspecified atom stereocenters. The lowest BCUT2D eigenvalue weighted by atomic mass is 10.1. The largest absolute Gasteiger partial charge is 0.369 e. The Morgan fingerprint density at radius 1 is 1.42 bits per heavy atom. The van der Waals surface area contributed by atoms with Gasteiger partial charge >= 0.3 is 0 Å². The normalized spacial score (nSPS) is 19.7. The number of rotatable bonds is 5. The zero-order chi connectivity index (χ0) is 13.7. The van der Waals surface area contributed by atoms with E-state index in [4.69, 9.17) is 5.73 Å². The molecule has 0 saturated carbocycles. The van der Waals surface area contributed by atoms with Crippen molar-refractivity contribution in [3.63, 3.8) is 0 Å². The van der Waals surface area contributed by atoms with E-state index in [9.17, 15) is 0 Å². The molecule has 1 fully saturated rings. The topological polar surface area (TPSA) is 29.3 Å². The molecule has 1 heterocycles. The van der Waals surface area contributed by atoms with Crippen LogP contribution in [0.15, 0.2) is 23.1 Å². The lowest BCUT2D eigenvalue weighted by molar-refractivity contribution is 0.723. The second-order valence-corrected chi connectivity index (χ2v) is 7.45. The van der Waals surface area contributed by atoms with Gasteiger partial charge in [-0.2, -0.15) is 11.8 Å². The van der Waals surface area contributed by atoms with Gasteiger partial charge in [0.15, 0.2) is 0 Å². The molecule has 0 aliphatic carbocycles. The molecule has 0 radical (unpaired) electrons. The van der Waals surface area contributed by atoms with Gasteiger partial charge < -0.3 is 10.6 Å². The lowest BCUT2D eigenvalue weighted by Gasteiger charge is -2.35. The van der Waals surface area contributed by atoms with Gasteiger partial charge in [0.2, 0.25) is 0 Å². The molecular formula is C15H24N2S2. The predicted molar refractivity (Wildman–Crippen MR) is 89.5 cm³/mol. The third-order valence-corrected chi connectivity index (χ3v) is 5.90. The van der Waals surface area contributed by atoms with Crippen LogP contribution in [0.25, 0.3) is 0 Å². The van der Waals surface area contributed by atoms with Gasteiger partial charge in [-0.05, 0) is 24.3 Å². The van der Waals surface area contributed by atoms with E-state index >= 15 is 0 Å². The van der Waals surface area contributed by atoms with Gasteiger partial charge in [-0.1, -0.05) is 19.9 Å². The number of benzene rings is 1. The average Bonchev–Trinajstić information content (AvgIpc) is 2.47. The summed E-state index contributed by atoms with van der Waals surface area (Å²) in [6.45, 7) is 7.43. The van der Waals surface area contributed by atoms with E-state index in [2.05, 4.69) is 48.7 Å². The molecule has 2 rings (SSSR count). The first kappa shape index (κ1) is 15.1. The molecule has 2 N–H and O–H groups in total. The molecule has 1 aliphatic heterocycles. The minimum atomic E-state index is 0.638. The van der Waals surface area contributed by atoms with Crippen LogP contribution in [0.1, 0.15) is 25.8 Å². The van der Waals surface area contributed by atoms with Crippen LogP contribution in [-0.4, -0.2) is 29.8 Å². The van der Waals surface area contributed by atoms with E-state index in [0.717, 1.165) is 24.1 Å². The van der Waals surface area contributed by atoms with Crippen LogP contribution in [0.5, 0.6) is 0 Å². The molecule has 1 aliphatic rings. The summed E-state index contributed by atoms with van der Waals surface area (Å²) < 4.78 is 0. The Hall–Kier alpha value is -0.320. The average molecular weight is 297 g/mol. The third-order valence-electron chi connectivity index (χ3n) is 3.55. The Kier molecular flexibility index (Phi) is 5.92. The van der Waals surface area contributed by atoms with Crippen LogP contribution in [0, 0.1) is 0 Å². The summed E-state index contributed by atoms with van der Waals surface area (Å²) in [7, 11) is 0. The van der Waals surface area contributed by atoms with Crippen LogP contribution in [-0.2, 0) is 6.54 Å². The molecule has 1 aromatic carbocycles. The summed E-state index contributed by atoms with van der Waals surface area (Å²) in [6.07, 6.45) is 1.25. The molecule has 106 valence electrons. The van der Waals surface area contributed by atoms with Crippen LogP contribution in [0.4, 0.5) is 5.69 Å². The van der Waals surface area contributed by atoms with E-state index in [1.54, 1.807) is 0 Å². The van der Waals surface area contributed by atoms with Crippen molar-refractivity contribution in [3.8, 4) is 0 Å². The predicted octanol–water partition coefficient (Wildman–Crippen LogP) is 3.59. The van der Waals surface area contributed by atoms with Crippen molar-refractivity contribution >= 4 is 29.2 Å². The summed E-state index contributed by atoms with van der Waals surface area (Å²) in [5, 5.41) is 0.766. The third kappa shape index (κ3) is 3.61. The van der Waals surface area contributed by atoms with Gasteiger partial charge in [0.05, 0.1) is 0 Å². The molecule has 1 saturated heterocycles. The maximum Gasteiger partial charge on any atom is 0.0423 e. The summed E-state index contributed by atoms with van der Waals surface area (Å²) in [5.74, 6) is 2.33. The highest BCUT2D eigenvalue weighted by molar-refractivity contribution is 8.00. The number of anilines is 1. The van der Waals surface area contributed by atoms with E-state index in [0.29, 0.717) is 6.54 Å². The second-order valence-electron chi connectivity index (χ2n) is 4.74. The first-order valence-electron chi connectivity index (χ1n) is 7.11. The van der Waals surface area contributed by atoms with Crippen molar-refractivity contribution in [2.24, 2.45) is 5.73 Å². The van der Waals surface area contributed by atoms with Gasteiger partial charge in [-0.3, -0.25) is 0 Å². The van der Waals surface area contributed by atoms with E-state index in [1.165, 1.54) is 28.3 Å². The monoisotopic (exact) mass is 296 g/mol. The first-order valence-corrected chi connectivity index (χ1v) is 9.14. The summed E-state index contributed by atoms with van der Waals surface area (Å²) in [4.78, 5) is 3.89.